The first-order chi connectivity index (χ1) is 12.6. The number of carbonyl (C=O) groups is 2. The van der Waals surface area contributed by atoms with Crippen molar-refractivity contribution >= 4 is 34.0 Å². The predicted octanol–water partition coefficient (Wildman–Crippen LogP) is 3.72. The number of aromatic nitrogens is 1. The Balaban J connectivity index is 0.00000210. The van der Waals surface area contributed by atoms with Gasteiger partial charge in [0.05, 0.1) is 5.56 Å². The molecule has 0 spiro atoms. The first-order valence-electron chi connectivity index (χ1n) is 8.29. The molecule has 0 saturated heterocycles. The quantitative estimate of drug-likeness (QED) is 0.518. The van der Waals surface area contributed by atoms with E-state index in [1.807, 2.05) is 12.1 Å². The summed E-state index contributed by atoms with van der Waals surface area (Å²) in [5, 5.41) is 9.62. The Bertz CT molecular complexity index is 1030. The summed E-state index contributed by atoms with van der Waals surface area (Å²) in [6.07, 6.45) is 1.77. The molecular weight excluding hydrogens is 347 g/mol. The van der Waals surface area contributed by atoms with E-state index >= 15 is 0 Å². The molecule has 0 saturated carbocycles. The zero-order valence-electron chi connectivity index (χ0n) is 14.1. The third-order valence-electron chi connectivity index (χ3n) is 4.41. The Hall–Kier alpha value is -3.35. The van der Waals surface area contributed by atoms with Gasteiger partial charge in [-0.05, 0) is 30.3 Å². The monoisotopic (exact) mass is 368 g/mol. The summed E-state index contributed by atoms with van der Waals surface area (Å²) >= 11 is 0. The zero-order chi connectivity index (χ0) is 18.3. The maximum absolute atomic E-state index is 14.6. The molecule has 0 aliphatic carbocycles. The average Bonchev–Trinajstić information content (AvgIpc) is 3.24. The van der Waals surface area contributed by atoms with Crippen LogP contribution in [0.4, 0.5) is 15.8 Å². The summed E-state index contributed by atoms with van der Waals surface area (Å²) in [5.74, 6) is -0.771. The van der Waals surface area contributed by atoms with Gasteiger partial charge in [0.25, 0.3) is 5.91 Å². The van der Waals surface area contributed by atoms with Crippen molar-refractivity contribution in [2.75, 3.05) is 23.7 Å². The average molecular weight is 368 g/mol. The van der Waals surface area contributed by atoms with E-state index < -0.39 is 5.82 Å². The molecule has 0 unspecified atom stereocenters. The van der Waals surface area contributed by atoms with Crippen LogP contribution in [0.1, 0.15) is 24.7 Å². The van der Waals surface area contributed by atoms with Crippen molar-refractivity contribution in [2.45, 2.75) is 14.4 Å². The molecule has 2 aromatic carbocycles. The number of rotatable bonds is 5. The molecule has 27 heavy (non-hydrogen) atoms. The Morgan fingerprint density at radius 1 is 1.19 bits per heavy atom. The van der Waals surface area contributed by atoms with Crippen molar-refractivity contribution in [1.29, 1.82) is 0 Å². The number of hydrogen-bond acceptors (Lipinski definition) is 3. The minimum absolute atomic E-state index is 0. The van der Waals surface area contributed by atoms with Crippen molar-refractivity contribution in [1.82, 2.24) is 10.3 Å². The number of H-pyrrole nitrogens is 1. The lowest BCUT2D eigenvalue weighted by atomic mass is 9.96. The normalized spacial score (nSPS) is 11.9. The molecular formula is C20H21FN4O2. The molecule has 0 radical (unpaired) electrons. The third kappa shape index (κ3) is 3.12. The van der Waals surface area contributed by atoms with Gasteiger partial charge >= 0.3 is 0 Å². The van der Waals surface area contributed by atoms with Crippen molar-refractivity contribution < 1.29 is 14.0 Å². The molecule has 6 nitrogen and oxygen atoms in total. The van der Waals surface area contributed by atoms with E-state index in [-0.39, 0.29) is 19.2 Å². The van der Waals surface area contributed by atoms with Gasteiger partial charge in [0.2, 0.25) is 5.91 Å². The predicted molar refractivity (Wildman–Crippen MR) is 106 cm³/mol. The molecule has 1 aromatic heterocycles. The second-order valence-electron chi connectivity index (χ2n) is 6.14. The molecule has 2 heterocycles. The molecule has 2 amide bonds. The fraction of sp³-hybridized carbons (Fsp3) is 0.200. The summed E-state index contributed by atoms with van der Waals surface area (Å²) in [7, 11) is 0. The Labute approximate surface area is 156 Å². The highest BCUT2D eigenvalue weighted by Gasteiger charge is 2.29. The molecule has 0 fully saturated rings. The molecule has 1 aliphatic heterocycles. The van der Waals surface area contributed by atoms with E-state index in [1.165, 1.54) is 13.0 Å². The fourth-order valence-electron chi connectivity index (χ4n) is 3.33. The summed E-state index contributed by atoms with van der Waals surface area (Å²) in [6, 6.07) is 8.40. The van der Waals surface area contributed by atoms with Crippen LogP contribution in [-0.4, -0.2) is 29.9 Å². The zero-order valence-corrected chi connectivity index (χ0v) is 14.1. The van der Waals surface area contributed by atoms with Crippen molar-refractivity contribution in [2.24, 2.45) is 0 Å². The number of halogens is 1. The van der Waals surface area contributed by atoms with Gasteiger partial charge in [0.15, 0.2) is 0 Å². The van der Waals surface area contributed by atoms with Crippen molar-refractivity contribution in [3.8, 4) is 11.3 Å². The van der Waals surface area contributed by atoms with Crippen LogP contribution in [0, 0.1) is 5.82 Å². The van der Waals surface area contributed by atoms with E-state index in [9.17, 15) is 14.0 Å². The Morgan fingerprint density at radius 2 is 2.00 bits per heavy atom. The Kier molecular flexibility index (Phi) is 4.85. The molecule has 3 aromatic rings. The summed E-state index contributed by atoms with van der Waals surface area (Å²) in [6.45, 7) is 2.29. The number of nitrogens with one attached hydrogen (secondary N) is 4. The number of amides is 2. The van der Waals surface area contributed by atoms with Crippen LogP contribution in [0.15, 0.2) is 36.5 Å². The van der Waals surface area contributed by atoms with Crippen molar-refractivity contribution in [3.63, 3.8) is 0 Å². The lowest BCUT2D eigenvalue weighted by Crippen LogP contribution is -2.26. The van der Waals surface area contributed by atoms with E-state index in [1.54, 1.807) is 18.3 Å². The van der Waals surface area contributed by atoms with Gasteiger partial charge in [-0.2, -0.15) is 0 Å². The van der Waals surface area contributed by atoms with Crippen LogP contribution >= 0.6 is 0 Å². The van der Waals surface area contributed by atoms with E-state index in [0.29, 0.717) is 46.4 Å². The number of benzene rings is 2. The van der Waals surface area contributed by atoms with Gasteiger partial charge in [-0.25, -0.2) is 4.39 Å². The molecule has 0 atom stereocenters. The van der Waals surface area contributed by atoms with Gasteiger partial charge in [0, 0.05) is 59.6 Å². The summed E-state index contributed by atoms with van der Waals surface area (Å²) < 4.78 is 14.6. The number of anilines is 2. The van der Waals surface area contributed by atoms with Crippen LogP contribution in [0.5, 0.6) is 0 Å². The lowest BCUT2D eigenvalue weighted by Gasteiger charge is -2.14. The summed E-state index contributed by atoms with van der Waals surface area (Å²) in [5.41, 5.74) is 3.11. The van der Waals surface area contributed by atoms with Gasteiger partial charge in [-0.15, -0.1) is 0 Å². The maximum atomic E-state index is 14.6. The SMILES string of the molecule is C.CC(=O)NCCNc1cc(-c2ccc[nH]2)c2c3c(ccc(F)c13)NC2=O. The Morgan fingerprint density at radius 3 is 2.70 bits per heavy atom. The highest BCUT2D eigenvalue weighted by molar-refractivity contribution is 6.28. The van der Waals surface area contributed by atoms with Gasteiger partial charge < -0.3 is 20.9 Å². The smallest absolute Gasteiger partial charge is 0.257 e. The highest BCUT2D eigenvalue weighted by atomic mass is 19.1. The first kappa shape index (κ1) is 18.4. The van der Waals surface area contributed by atoms with Gasteiger partial charge in [-0.1, -0.05) is 7.43 Å². The maximum Gasteiger partial charge on any atom is 0.257 e. The van der Waals surface area contributed by atoms with Gasteiger partial charge in [-0.3, -0.25) is 9.59 Å². The van der Waals surface area contributed by atoms with Crippen LogP contribution < -0.4 is 16.0 Å². The standard InChI is InChI=1S/C19H17FN4O2.CH4/c1-10(25)21-7-8-23-15-9-11(13-3-2-6-22-13)16-18-14(24-19(16)26)5-4-12(20)17(15)18;/h2-6,9,22-23H,7-8H2,1H3,(H,21,25)(H,24,26);1H4. The second kappa shape index (κ2) is 7.11. The number of aromatic amines is 1. The fourth-order valence-corrected chi connectivity index (χ4v) is 3.33. The van der Waals surface area contributed by atoms with Crippen molar-refractivity contribution in [3.05, 3.63) is 47.9 Å². The minimum Gasteiger partial charge on any atom is -0.383 e. The molecule has 4 rings (SSSR count). The van der Waals surface area contributed by atoms with Gasteiger partial charge in [0.1, 0.15) is 5.82 Å². The first-order valence-corrected chi connectivity index (χ1v) is 8.29. The number of carbonyl (C=O) groups excluding carboxylic acids is 2. The largest absolute Gasteiger partial charge is 0.383 e. The topological polar surface area (TPSA) is 86.0 Å². The van der Waals surface area contributed by atoms with Crippen LogP contribution in [0.2, 0.25) is 0 Å². The molecule has 0 bridgehead atoms. The van der Waals surface area contributed by atoms with Crippen LogP contribution in [-0.2, 0) is 4.79 Å². The molecule has 7 heteroatoms. The van der Waals surface area contributed by atoms with E-state index in [4.69, 9.17) is 0 Å². The second-order valence-corrected chi connectivity index (χ2v) is 6.14. The molecule has 1 aliphatic rings. The number of hydrogen-bond donors (Lipinski definition) is 4. The van der Waals surface area contributed by atoms with E-state index in [0.717, 1.165) is 5.69 Å². The van der Waals surface area contributed by atoms with E-state index in [2.05, 4.69) is 20.9 Å². The minimum atomic E-state index is -0.401. The molecule has 140 valence electrons. The third-order valence-corrected chi connectivity index (χ3v) is 4.41. The highest BCUT2D eigenvalue weighted by Crippen LogP contribution is 2.43. The summed E-state index contributed by atoms with van der Waals surface area (Å²) in [4.78, 5) is 26.6. The van der Waals surface area contributed by atoms with Crippen LogP contribution in [0.25, 0.3) is 22.0 Å². The van der Waals surface area contributed by atoms with Crippen LogP contribution in [0.3, 0.4) is 0 Å². The lowest BCUT2D eigenvalue weighted by molar-refractivity contribution is -0.118. The molecule has 4 N–H and O–H groups in total.